The predicted molar refractivity (Wildman–Crippen MR) is 198 cm³/mol. The van der Waals surface area contributed by atoms with Crippen LogP contribution in [-0.2, 0) is 32.6 Å². The van der Waals surface area contributed by atoms with E-state index in [0.717, 1.165) is 53.1 Å². The zero-order valence-electron chi connectivity index (χ0n) is 29.7. The summed E-state index contributed by atoms with van der Waals surface area (Å²) in [6.07, 6.45) is 5.15. The van der Waals surface area contributed by atoms with Crippen molar-refractivity contribution in [3.8, 4) is 17.2 Å². The van der Waals surface area contributed by atoms with Crippen LogP contribution in [0.25, 0.3) is 0 Å². The first-order valence-corrected chi connectivity index (χ1v) is 18.6. The summed E-state index contributed by atoms with van der Waals surface area (Å²) in [5.74, 6) is 0.472. The van der Waals surface area contributed by atoms with Gasteiger partial charge in [-0.2, -0.15) is 0 Å². The van der Waals surface area contributed by atoms with E-state index in [-0.39, 0.29) is 35.5 Å². The van der Waals surface area contributed by atoms with Crippen molar-refractivity contribution < 1.29 is 32.2 Å². The Morgan fingerprint density at radius 1 is 0.784 bits per heavy atom. The Kier molecular flexibility index (Phi) is 12.6. The van der Waals surface area contributed by atoms with Crippen LogP contribution in [-0.4, -0.2) is 65.1 Å². The molecule has 2 amide bonds. The summed E-state index contributed by atoms with van der Waals surface area (Å²) in [6.45, 7) is 1.32. The average molecular weight is 714 g/mol. The lowest BCUT2D eigenvalue weighted by Gasteiger charge is -2.35. The number of carbonyl (C=O) groups is 2. The second-order valence-electron chi connectivity index (χ2n) is 12.8. The Morgan fingerprint density at radius 3 is 2.14 bits per heavy atom. The summed E-state index contributed by atoms with van der Waals surface area (Å²) in [4.78, 5) is 30.7. The van der Waals surface area contributed by atoms with Crippen LogP contribution in [0.1, 0.15) is 48.8 Å². The lowest BCUT2D eigenvalue weighted by molar-refractivity contribution is -0.140. The third-order valence-corrected chi connectivity index (χ3v) is 11.0. The van der Waals surface area contributed by atoms with Gasteiger partial charge in [0.25, 0.3) is 10.0 Å². The van der Waals surface area contributed by atoms with Gasteiger partial charge in [0.2, 0.25) is 11.8 Å². The zero-order valence-corrected chi connectivity index (χ0v) is 30.5. The van der Waals surface area contributed by atoms with Crippen molar-refractivity contribution in [2.45, 2.75) is 69.0 Å². The summed E-state index contributed by atoms with van der Waals surface area (Å²) >= 11 is 0. The summed E-state index contributed by atoms with van der Waals surface area (Å²) in [7, 11) is 0.227. The van der Waals surface area contributed by atoms with E-state index in [1.807, 2.05) is 55.5 Å². The molecule has 270 valence electrons. The standard InChI is InChI=1S/C40H47N3O7S/c1-29-18-21-35(22-19-29)51(46,47)43(33-20-23-37(49-3)38(26-33)50-4)28-39(44)42(27-31-14-11-17-34(24-31)48-2)36(25-30-12-7-5-8-13-30)40(45)41-32-15-9-6-10-16-32/h5,7-8,11-14,17-24,26,32,36H,6,9-10,15-16,25,27-28H2,1-4H3,(H,41,45)/t36-/m0/s1. The summed E-state index contributed by atoms with van der Waals surface area (Å²) < 4.78 is 46.4. The van der Waals surface area contributed by atoms with Crippen LogP contribution < -0.4 is 23.8 Å². The number of nitrogens with one attached hydrogen (secondary N) is 1. The van der Waals surface area contributed by atoms with Gasteiger partial charge in [-0.3, -0.25) is 13.9 Å². The molecule has 4 aromatic rings. The van der Waals surface area contributed by atoms with Crippen molar-refractivity contribution in [2.24, 2.45) is 0 Å². The number of ether oxygens (including phenoxy) is 3. The minimum absolute atomic E-state index is 0.00322. The number of sulfonamides is 1. The van der Waals surface area contributed by atoms with Gasteiger partial charge in [0.15, 0.2) is 11.5 Å². The first-order valence-electron chi connectivity index (χ1n) is 17.2. The smallest absolute Gasteiger partial charge is 0.264 e. The number of benzene rings is 4. The molecule has 0 aromatic heterocycles. The lowest BCUT2D eigenvalue weighted by Crippen LogP contribution is -2.55. The number of nitrogens with zero attached hydrogens (tertiary/aromatic N) is 2. The van der Waals surface area contributed by atoms with Crippen molar-refractivity contribution in [2.75, 3.05) is 32.2 Å². The first-order chi connectivity index (χ1) is 24.6. The summed E-state index contributed by atoms with van der Waals surface area (Å²) in [5.41, 5.74) is 2.69. The van der Waals surface area contributed by atoms with Crippen LogP contribution in [0, 0.1) is 6.92 Å². The molecule has 0 saturated heterocycles. The van der Waals surface area contributed by atoms with E-state index < -0.39 is 28.5 Å². The van der Waals surface area contributed by atoms with Crippen molar-refractivity contribution in [1.82, 2.24) is 10.2 Å². The molecule has 1 aliphatic carbocycles. The molecular weight excluding hydrogens is 667 g/mol. The van der Waals surface area contributed by atoms with Crippen molar-refractivity contribution in [1.29, 1.82) is 0 Å². The van der Waals surface area contributed by atoms with E-state index in [0.29, 0.717) is 17.2 Å². The van der Waals surface area contributed by atoms with Crippen LogP contribution >= 0.6 is 0 Å². The number of rotatable bonds is 15. The van der Waals surface area contributed by atoms with Gasteiger partial charge < -0.3 is 24.4 Å². The van der Waals surface area contributed by atoms with Crippen molar-refractivity contribution in [3.63, 3.8) is 0 Å². The second kappa shape index (κ2) is 17.3. The van der Waals surface area contributed by atoms with E-state index in [2.05, 4.69) is 5.32 Å². The molecule has 5 rings (SSSR count). The SMILES string of the molecule is COc1cccc(CN(C(=O)CN(c2ccc(OC)c(OC)c2)S(=O)(=O)c2ccc(C)cc2)[C@@H](Cc2ccccc2)C(=O)NC2CCCCC2)c1. The van der Waals surface area contributed by atoms with Gasteiger partial charge in [-0.25, -0.2) is 8.42 Å². The minimum Gasteiger partial charge on any atom is -0.497 e. The number of anilines is 1. The van der Waals surface area contributed by atoms with Crippen LogP contribution in [0.2, 0.25) is 0 Å². The Hall–Kier alpha value is -5.03. The number of methoxy groups -OCH3 is 3. The highest BCUT2D eigenvalue weighted by Crippen LogP contribution is 2.34. The number of amides is 2. The molecule has 0 bridgehead atoms. The topological polar surface area (TPSA) is 114 Å². The maximum absolute atomic E-state index is 14.9. The van der Waals surface area contributed by atoms with Crippen LogP contribution in [0.4, 0.5) is 5.69 Å². The Labute approximate surface area is 301 Å². The average Bonchev–Trinajstić information content (AvgIpc) is 3.15. The molecule has 1 saturated carbocycles. The molecule has 51 heavy (non-hydrogen) atoms. The molecule has 0 spiro atoms. The van der Waals surface area contributed by atoms with Gasteiger partial charge in [-0.1, -0.05) is 79.4 Å². The lowest BCUT2D eigenvalue weighted by atomic mass is 9.94. The third kappa shape index (κ3) is 9.40. The van der Waals surface area contributed by atoms with E-state index >= 15 is 0 Å². The molecule has 1 atom stereocenters. The number of hydrogen-bond acceptors (Lipinski definition) is 7. The molecule has 0 heterocycles. The monoisotopic (exact) mass is 713 g/mol. The van der Waals surface area contributed by atoms with Gasteiger partial charge in [-0.15, -0.1) is 0 Å². The molecule has 0 unspecified atom stereocenters. The number of aryl methyl sites for hydroxylation is 1. The molecular formula is C40H47N3O7S. The molecule has 0 radical (unpaired) electrons. The van der Waals surface area contributed by atoms with Gasteiger partial charge in [0, 0.05) is 25.1 Å². The quantitative estimate of drug-likeness (QED) is 0.154. The van der Waals surface area contributed by atoms with Crippen LogP contribution in [0.5, 0.6) is 17.2 Å². The fraction of sp³-hybridized carbons (Fsp3) is 0.350. The molecule has 1 fully saturated rings. The third-order valence-electron chi connectivity index (χ3n) is 9.25. The van der Waals surface area contributed by atoms with Crippen molar-refractivity contribution in [3.05, 3.63) is 114 Å². The highest BCUT2D eigenvalue weighted by atomic mass is 32.2. The van der Waals surface area contributed by atoms with Gasteiger partial charge in [0.1, 0.15) is 18.3 Å². The van der Waals surface area contributed by atoms with Gasteiger partial charge >= 0.3 is 0 Å². The van der Waals surface area contributed by atoms with Gasteiger partial charge in [-0.05, 0) is 67.3 Å². The largest absolute Gasteiger partial charge is 0.497 e. The molecule has 0 aliphatic heterocycles. The number of carbonyl (C=O) groups excluding carboxylic acids is 2. The fourth-order valence-corrected chi connectivity index (χ4v) is 7.82. The van der Waals surface area contributed by atoms with Crippen LogP contribution in [0.15, 0.2) is 102 Å². The minimum atomic E-state index is -4.29. The fourth-order valence-electron chi connectivity index (χ4n) is 6.41. The van der Waals surface area contributed by atoms with Crippen LogP contribution in [0.3, 0.4) is 0 Å². The normalized spacial score (nSPS) is 13.9. The van der Waals surface area contributed by atoms with E-state index in [9.17, 15) is 18.0 Å². The second-order valence-corrected chi connectivity index (χ2v) is 14.6. The van der Waals surface area contributed by atoms with E-state index in [4.69, 9.17) is 14.2 Å². The highest BCUT2D eigenvalue weighted by molar-refractivity contribution is 7.92. The highest BCUT2D eigenvalue weighted by Gasteiger charge is 2.36. The first kappa shape index (κ1) is 37.2. The summed E-state index contributed by atoms with van der Waals surface area (Å²) in [6, 6.07) is 27.1. The molecule has 1 aliphatic rings. The zero-order chi connectivity index (χ0) is 36.4. The summed E-state index contributed by atoms with van der Waals surface area (Å²) in [5, 5.41) is 3.24. The Bertz CT molecular complexity index is 1880. The molecule has 10 nitrogen and oxygen atoms in total. The predicted octanol–water partition coefficient (Wildman–Crippen LogP) is 6.31. The Morgan fingerprint density at radius 2 is 1.47 bits per heavy atom. The molecule has 11 heteroatoms. The maximum Gasteiger partial charge on any atom is 0.264 e. The Balaban J connectivity index is 1.60. The maximum atomic E-state index is 14.9. The van der Waals surface area contributed by atoms with E-state index in [1.54, 1.807) is 37.4 Å². The van der Waals surface area contributed by atoms with Crippen molar-refractivity contribution >= 4 is 27.5 Å². The number of hydrogen-bond donors (Lipinski definition) is 1. The molecule has 4 aromatic carbocycles. The van der Waals surface area contributed by atoms with E-state index in [1.165, 1.54) is 37.3 Å². The van der Waals surface area contributed by atoms with Gasteiger partial charge in [0.05, 0.1) is 31.9 Å². The molecule has 1 N–H and O–H groups in total.